The van der Waals surface area contributed by atoms with Crippen molar-refractivity contribution in [2.45, 2.75) is 19.3 Å². The van der Waals surface area contributed by atoms with Crippen LogP contribution in [0, 0.1) is 11.6 Å². The lowest BCUT2D eigenvalue weighted by Gasteiger charge is -2.11. The Balaban J connectivity index is 1.22. The Bertz CT molecular complexity index is 1530. The van der Waals surface area contributed by atoms with E-state index in [1.165, 1.54) is 0 Å². The Morgan fingerprint density at radius 2 is 1.73 bits per heavy atom. The first kappa shape index (κ1) is 26.9. The van der Waals surface area contributed by atoms with E-state index >= 15 is 0 Å². The summed E-state index contributed by atoms with van der Waals surface area (Å²) in [5, 5.41) is 6.39. The van der Waals surface area contributed by atoms with Gasteiger partial charge in [-0.25, -0.2) is 28.7 Å². The molecule has 3 aromatic heterocycles. The maximum absolute atomic E-state index is 13.5. The molecule has 11 heteroatoms. The van der Waals surface area contributed by atoms with Crippen molar-refractivity contribution in [2.75, 3.05) is 37.8 Å². The zero-order valence-electron chi connectivity index (χ0n) is 22.3. The molecule has 0 bridgehead atoms. The van der Waals surface area contributed by atoms with Crippen molar-refractivity contribution >= 4 is 28.6 Å². The van der Waals surface area contributed by atoms with Crippen LogP contribution in [-0.2, 0) is 0 Å². The molecule has 5 rings (SSSR count). The van der Waals surface area contributed by atoms with Gasteiger partial charge in [0.2, 0.25) is 17.8 Å². The number of nitrogens with one attached hydrogen (secondary N) is 3. The molecule has 0 amide bonds. The van der Waals surface area contributed by atoms with E-state index in [4.69, 9.17) is 4.74 Å². The number of aromatic amines is 1. The van der Waals surface area contributed by atoms with Gasteiger partial charge in [-0.3, -0.25) is 0 Å². The summed E-state index contributed by atoms with van der Waals surface area (Å²) in [4.78, 5) is 22.8. The second-order valence-electron chi connectivity index (χ2n) is 9.53. The number of hydrogen-bond donors (Lipinski definition) is 3. The molecule has 0 saturated carbocycles. The molecule has 0 saturated heterocycles. The molecule has 3 N–H and O–H groups in total. The smallest absolute Gasteiger partial charge is 0.228 e. The van der Waals surface area contributed by atoms with E-state index in [0.29, 0.717) is 45.9 Å². The first-order valence-electron chi connectivity index (χ1n) is 13.0. The average Bonchev–Trinajstić information content (AvgIpc) is 3.33. The third-order valence-electron chi connectivity index (χ3n) is 6.12. The fraction of sp³-hybridized carbons (Fsp3) is 0.241. The highest BCUT2D eigenvalue weighted by Gasteiger charge is 2.12. The molecule has 0 fully saturated rings. The predicted molar refractivity (Wildman–Crippen MR) is 152 cm³/mol. The lowest BCUT2D eigenvalue weighted by molar-refractivity contribution is 0.392. The molecule has 206 valence electrons. The molecule has 0 spiro atoms. The number of halogens is 2. The average molecular weight is 545 g/mol. The van der Waals surface area contributed by atoms with Crippen LogP contribution >= 0.6 is 0 Å². The van der Waals surface area contributed by atoms with Crippen molar-refractivity contribution < 1.29 is 13.5 Å². The highest BCUT2D eigenvalue weighted by Crippen LogP contribution is 2.31. The summed E-state index contributed by atoms with van der Waals surface area (Å²) >= 11 is 0. The minimum atomic E-state index is -0.943. The predicted octanol–water partition coefficient (Wildman–Crippen LogP) is 6.37. The van der Waals surface area contributed by atoms with Crippen LogP contribution in [0.5, 0.6) is 11.6 Å². The van der Waals surface area contributed by atoms with Gasteiger partial charge in [-0.05, 0) is 75.9 Å². The molecular formula is C29H30F2N8O. The number of imidazole rings is 1. The Labute approximate surface area is 230 Å². The minimum Gasteiger partial charge on any atom is -0.438 e. The highest BCUT2D eigenvalue weighted by atomic mass is 19.2. The van der Waals surface area contributed by atoms with Gasteiger partial charge in [0.05, 0.1) is 22.3 Å². The first-order chi connectivity index (χ1) is 19.4. The Morgan fingerprint density at radius 3 is 2.55 bits per heavy atom. The summed E-state index contributed by atoms with van der Waals surface area (Å²) in [6, 6.07) is 14.9. The van der Waals surface area contributed by atoms with Crippen molar-refractivity contribution in [3.05, 3.63) is 78.6 Å². The summed E-state index contributed by atoms with van der Waals surface area (Å²) in [6.07, 6.45) is 6.72. The maximum Gasteiger partial charge on any atom is 0.228 e. The van der Waals surface area contributed by atoms with Gasteiger partial charge in [-0.1, -0.05) is 6.42 Å². The van der Waals surface area contributed by atoms with E-state index in [9.17, 15) is 8.78 Å². The summed E-state index contributed by atoms with van der Waals surface area (Å²) in [6.45, 7) is 1.89. The van der Waals surface area contributed by atoms with E-state index < -0.39 is 11.6 Å². The number of hydrogen-bond acceptors (Lipinski definition) is 8. The Morgan fingerprint density at radius 1 is 0.900 bits per heavy atom. The minimum absolute atomic E-state index is 0.326. The monoisotopic (exact) mass is 544 g/mol. The van der Waals surface area contributed by atoms with Crippen LogP contribution in [0.2, 0.25) is 0 Å². The number of rotatable bonds is 12. The van der Waals surface area contributed by atoms with Crippen molar-refractivity contribution in [1.29, 1.82) is 0 Å². The van der Waals surface area contributed by atoms with Crippen LogP contribution in [0.25, 0.3) is 22.3 Å². The van der Waals surface area contributed by atoms with Crippen molar-refractivity contribution in [1.82, 2.24) is 29.8 Å². The van der Waals surface area contributed by atoms with Crippen molar-refractivity contribution in [2.24, 2.45) is 0 Å². The molecule has 0 aliphatic carbocycles. The van der Waals surface area contributed by atoms with Crippen LogP contribution in [-0.4, -0.2) is 57.0 Å². The molecule has 0 aliphatic heterocycles. The van der Waals surface area contributed by atoms with Gasteiger partial charge in [0, 0.05) is 36.8 Å². The number of nitrogens with zero attached hydrogens (tertiary/aromatic N) is 5. The van der Waals surface area contributed by atoms with Gasteiger partial charge in [0.15, 0.2) is 11.6 Å². The van der Waals surface area contributed by atoms with Gasteiger partial charge in [0.25, 0.3) is 0 Å². The van der Waals surface area contributed by atoms with Crippen LogP contribution in [0.1, 0.15) is 19.3 Å². The molecule has 9 nitrogen and oxygen atoms in total. The number of fused-ring (bicyclic) bond motifs is 1. The number of ether oxygens (including phenoxy) is 1. The first-order valence-corrected chi connectivity index (χ1v) is 13.0. The molecule has 0 radical (unpaired) electrons. The largest absolute Gasteiger partial charge is 0.438 e. The topological polar surface area (TPSA) is 104 Å². The van der Waals surface area contributed by atoms with Crippen molar-refractivity contribution in [3.8, 4) is 22.9 Å². The van der Waals surface area contributed by atoms with Crippen LogP contribution in [0.15, 0.2) is 67.0 Å². The SMILES string of the molecule is CN(C)CCCCCNc1nccc(-c2cccnc2Oc2ccc(Nc3nc4cc(F)c(F)cc4[nH]3)cc2)n1. The second kappa shape index (κ2) is 12.5. The fourth-order valence-electron chi connectivity index (χ4n) is 4.11. The molecule has 0 unspecified atom stereocenters. The third kappa shape index (κ3) is 6.86. The standard InChI is InChI=1S/C29H30F2N8O/c1-39(2)16-5-3-4-13-33-28-34-15-12-24(36-28)21-7-6-14-32-27(21)40-20-10-8-19(9-11-20)35-29-37-25-17-22(30)23(31)18-26(25)38-29/h6-12,14-15,17-18H,3-5,13,16H2,1-2H3,(H,33,34,36)(H2,35,37,38). The maximum atomic E-state index is 13.5. The number of unbranched alkanes of at least 4 members (excludes halogenated alkanes) is 2. The quantitative estimate of drug-likeness (QED) is 0.156. The van der Waals surface area contributed by atoms with Crippen LogP contribution in [0.4, 0.5) is 26.4 Å². The van der Waals surface area contributed by atoms with Gasteiger partial charge in [0.1, 0.15) is 5.75 Å². The van der Waals surface area contributed by atoms with Crippen molar-refractivity contribution in [3.63, 3.8) is 0 Å². The highest BCUT2D eigenvalue weighted by molar-refractivity contribution is 5.78. The van der Waals surface area contributed by atoms with Gasteiger partial charge in [-0.15, -0.1) is 0 Å². The third-order valence-corrected chi connectivity index (χ3v) is 6.12. The van der Waals surface area contributed by atoms with Crippen LogP contribution in [0.3, 0.4) is 0 Å². The molecule has 5 aromatic rings. The molecule has 2 aromatic carbocycles. The normalized spacial score (nSPS) is 11.2. The lowest BCUT2D eigenvalue weighted by Crippen LogP contribution is -2.13. The lowest BCUT2D eigenvalue weighted by atomic mass is 10.2. The summed E-state index contributed by atoms with van der Waals surface area (Å²) in [5.74, 6) is 0.0383. The van der Waals surface area contributed by atoms with Gasteiger partial charge in [-0.2, -0.15) is 0 Å². The second-order valence-corrected chi connectivity index (χ2v) is 9.53. The van der Waals surface area contributed by atoms with Gasteiger partial charge >= 0.3 is 0 Å². The molecule has 40 heavy (non-hydrogen) atoms. The summed E-state index contributed by atoms with van der Waals surface area (Å²) in [5.41, 5.74) is 2.87. The molecule has 0 aliphatic rings. The number of H-pyrrole nitrogens is 1. The van der Waals surface area contributed by atoms with Gasteiger partial charge < -0.3 is 25.3 Å². The van der Waals surface area contributed by atoms with E-state index in [0.717, 1.165) is 50.0 Å². The number of pyridine rings is 1. The number of anilines is 3. The summed E-state index contributed by atoms with van der Waals surface area (Å²) in [7, 11) is 4.17. The molecule has 0 atom stereocenters. The van der Waals surface area contributed by atoms with Crippen LogP contribution < -0.4 is 15.4 Å². The zero-order chi connectivity index (χ0) is 27.9. The Hall–Kier alpha value is -4.64. The number of aromatic nitrogens is 5. The number of benzene rings is 2. The van der Waals surface area contributed by atoms with E-state index in [1.807, 2.05) is 18.2 Å². The van der Waals surface area contributed by atoms with E-state index in [1.54, 1.807) is 36.7 Å². The van der Waals surface area contributed by atoms with E-state index in [2.05, 4.69) is 54.5 Å². The fourth-order valence-corrected chi connectivity index (χ4v) is 4.11. The molecular weight excluding hydrogens is 514 g/mol. The molecule has 3 heterocycles. The zero-order valence-corrected chi connectivity index (χ0v) is 22.3. The summed E-state index contributed by atoms with van der Waals surface area (Å²) < 4.78 is 33.1. The van der Waals surface area contributed by atoms with E-state index in [-0.39, 0.29) is 0 Å². The Kier molecular flexibility index (Phi) is 8.41.